The average molecular weight is 420 g/mol. The van der Waals surface area contributed by atoms with Gasteiger partial charge in [-0.2, -0.15) is 0 Å². The summed E-state index contributed by atoms with van der Waals surface area (Å²) in [6.45, 7) is 6.36. The minimum Gasteiger partial charge on any atom is -0.493 e. The summed E-state index contributed by atoms with van der Waals surface area (Å²) < 4.78 is 7.66. The van der Waals surface area contributed by atoms with E-state index < -0.39 is 0 Å². The van der Waals surface area contributed by atoms with Crippen LogP contribution in [0.5, 0.6) is 5.75 Å². The van der Waals surface area contributed by atoms with Gasteiger partial charge in [-0.25, -0.2) is 0 Å². The second kappa shape index (κ2) is 9.25. The van der Waals surface area contributed by atoms with E-state index >= 15 is 0 Å². The third-order valence-electron chi connectivity index (χ3n) is 5.99. The summed E-state index contributed by atoms with van der Waals surface area (Å²) in [7, 11) is 0. The van der Waals surface area contributed by atoms with Crippen LogP contribution in [-0.4, -0.2) is 41.0 Å². The molecule has 2 aromatic carbocycles. The maximum absolute atomic E-state index is 12.7. The second-order valence-corrected chi connectivity index (χ2v) is 7.91. The highest BCUT2D eigenvalue weighted by Crippen LogP contribution is 2.35. The second-order valence-electron chi connectivity index (χ2n) is 7.91. The number of benzene rings is 2. The molecule has 162 valence electrons. The van der Waals surface area contributed by atoms with Gasteiger partial charge >= 0.3 is 0 Å². The summed E-state index contributed by atoms with van der Waals surface area (Å²) in [6.07, 6.45) is 3.20. The van der Waals surface area contributed by atoms with Crippen molar-refractivity contribution >= 4 is 28.4 Å². The maximum atomic E-state index is 12.7. The molecule has 2 amide bonds. The molecule has 0 aliphatic carbocycles. The predicted molar refractivity (Wildman–Crippen MR) is 122 cm³/mol. The molecule has 4 rings (SSSR count). The van der Waals surface area contributed by atoms with E-state index in [1.54, 1.807) is 0 Å². The molecular weight excluding hydrogens is 390 g/mol. The monoisotopic (exact) mass is 419 g/mol. The van der Waals surface area contributed by atoms with Crippen LogP contribution in [-0.2, 0) is 16.1 Å². The number of anilines is 1. The molecule has 1 N–H and O–H groups in total. The van der Waals surface area contributed by atoms with Gasteiger partial charge in [-0.1, -0.05) is 18.2 Å². The first kappa shape index (κ1) is 21.0. The molecule has 1 atom stereocenters. The lowest BCUT2D eigenvalue weighted by molar-refractivity contribution is -0.131. The first-order chi connectivity index (χ1) is 15.1. The van der Waals surface area contributed by atoms with Crippen molar-refractivity contribution in [2.45, 2.75) is 39.2 Å². The zero-order chi connectivity index (χ0) is 21.8. The van der Waals surface area contributed by atoms with Crippen LogP contribution in [0, 0.1) is 0 Å². The number of para-hydroxylation sites is 1. The number of fused-ring (bicyclic) bond motifs is 2. The van der Waals surface area contributed by atoms with E-state index in [2.05, 4.69) is 5.32 Å². The van der Waals surface area contributed by atoms with Gasteiger partial charge in [0.05, 0.1) is 6.61 Å². The molecule has 1 aliphatic heterocycles. The molecule has 1 aliphatic rings. The van der Waals surface area contributed by atoms with Crippen molar-refractivity contribution < 1.29 is 14.3 Å². The number of amides is 2. The van der Waals surface area contributed by atoms with Crippen molar-refractivity contribution in [2.24, 2.45) is 0 Å². The Morgan fingerprint density at radius 2 is 1.94 bits per heavy atom. The Morgan fingerprint density at radius 1 is 1.13 bits per heavy atom. The first-order valence-electron chi connectivity index (χ1n) is 11.0. The van der Waals surface area contributed by atoms with Gasteiger partial charge in [0.2, 0.25) is 11.8 Å². The van der Waals surface area contributed by atoms with E-state index in [1.165, 1.54) is 0 Å². The molecule has 31 heavy (non-hydrogen) atoms. The van der Waals surface area contributed by atoms with E-state index in [4.69, 9.17) is 4.74 Å². The van der Waals surface area contributed by atoms with E-state index in [0.717, 1.165) is 34.3 Å². The highest BCUT2D eigenvalue weighted by Gasteiger charge is 2.23. The third-order valence-corrected chi connectivity index (χ3v) is 5.99. The van der Waals surface area contributed by atoms with Crippen molar-refractivity contribution in [2.75, 3.05) is 25.0 Å². The summed E-state index contributed by atoms with van der Waals surface area (Å²) in [6, 6.07) is 15.8. The molecule has 0 radical (unpaired) electrons. The standard InChI is InChI=1S/C25H29N3O3/c1-3-27(4-2)25(30)17-28-13-11-19-15-20(9-10-22(19)28)26-24(29)16-18-12-14-31-23-8-6-5-7-21(18)23/h5-11,13,15,18H,3-4,12,14,16-17H2,1-2H3,(H,26,29). The number of carbonyl (C=O) groups is 2. The Balaban J connectivity index is 1.43. The number of aromatic nitrogens is 1. The molecular formula is C25H29N3O3. The molecule has 2 heterocycles. The van der Waals surface area contributed by atoms with E-state index in [-0.39, 0.29) is 17.7 Å². The maximum Gasteiger partial charge on any atom is 0.242 e. The van der Waals surface area contributed by atoms with Crippen LogP contribution in [0.4, 0.5) is 5.69 Å². The minimum atomic E-state index is -0.00260. The fourth-order valence-electron chi connectivity index (χ4n) is 4.30. The Kier molecular flexibility index (Phi) is 6.26. The Labute approximate surface area is 182 Å². The number of rotatable bonds is 7. The number of nitrogens with zero attached hydrogens (tertiary/aromatic N) is 2. The lowest BCUT2D eigenvalue weighted by atomic mass is 9.90. The fraction of sp³-hybridized carbons (Fsp3) is 0.360. The SMILES string of the molecule is CCN(CC)C(=O)Cn1ccc2cc(NC(=O)CC3CCOc4ccccc43)ccc21. The number of carbonyl (C=O) groups excluding carboxylic acids is 2. The Morgan fingerprint density at radius 3 is 2.74 bits per heavy atom. The minimum absolute atomic E-state index is 0.00260. The molecule has 6 nitrogen and oxygen atoms in total. The molecule has 1 unspecified atom stereocenters. The molecule has 6 heteroatoms. The summed E-state index contributed by atoms with van der Waals surface area (Å²) in [5, 5.41) is 4.04. The molecule has 0 fully saturated rings. The van der Waals surface area contributed by atoms with E-state index in [9.17, 15) is 9.59 Å². The average Bonchev–Trinajstić information content (AvgIpc) is 3.16. The highest BCUT2D eigenvalue weighted by atomic mass is 16.5. The van der Waals surface area contributed by atoms with Gasteiger partial charge in [-0.05, 0) is 62.1 Å². The summed E-state index contributed by atoms with van der Waals surface area (Å²) in [4.78, 5) is 27.0. The molecule has 1 aromatic heterocycles. The van der Waals surface area contributed by atoms with Crippen LogP contribution in [0.3, 0.4) is 0 Å². The summed E-state index contributed by atoms with van der Waals surface area (Å²) in [5.41, 5.74) is 2.86. The van der Waals surface area contributed by atoms with Crippen LogP contribution in [0.1, 0.15) is 38.2 Å². The van der Waals surface area contributed by atoms with Crippen molar-refractivity contribution in [3.8, 4) is 5.75 Å². The topological polar surface area (TPSA) is 63.6 Å². The van der Waals surface area contributed by atoms with Gasteiger partial charge in [0.1, 0.15) is 12.3 Å². The number of hydrogen-bond donors (Lipinski definition) is 1. The zero-order valence-corrected chi connectivity index (χ0v) is 18.1. The van der Waals surface area contributed by atoms with Gasteiger partial charge in [-0.3, -0.25) is 9.59 Å². The number of hydrogen-bond acceptors (Lipinski definition) is 3. The van der Waals surface area contributed by atoms with Gasteiger partial charge in [-0.15, -0.1) is 0 Å². The fourth-order valence-corrected chi connectivity index (χ4v) is 4.30. The number of ether oxygens (including phenoxy) is 1. The molecule has 0 saturated carbocycles. The smallest absolute Gasteiger partial charge is 0.242 e. The molecule has 0 saturated heterocycles. The van der Waals surface area contributed by atoms with Gasteiger partial charge < -0.3 is 19.5 Å². The van der Waals surface area contributed by atoms with Crippen LogP contribution in [0.25, 0.3) is 10.9 Å². The van der Waals surface area contributed by atoms with E-state index in [1.807, 2.05) is 78.0 Å². The normalized spacial score (nSPS) is 15.2. The van der Waals surface area contributed by atoms with Crippen molar-refractivity contribution in [1.82, 2.24) is 9.47 Å². The molecule has 3 aromatic rings. The first-order valence-corrected chi connectivity index (χ1v) is 11.0. The van der Waals surface area contributed by atoms with Gasteiger partial charge in [0, 0.05) is 42.3 Å². The number of likely N-dealkylation sites (N-methyl/N-ethyl adjacent to an activating group) is 1. The highest BCUT2D eigenvalue weighted by molar-refractivity contribution is 5.94. The van der Waals surface area contributed by atoms with Crippen molar-refractivity contribution in [3.63, 3.8) is 0 Å². The van der Waals surface area contributed by atoms with Crippen molar-refractivity contribution in [1.29, 1.82) is 0 Å². The zero-order valence-electron chi connectivity index (χ0n) is 18.1. The lowest BCUT2D eigenvalue weighted by Crippen LogP contribution is -2.33. The van der Waals surface area contributed by atoms with Crippen LogP contribution in [0.15, 0.2) is 54.7 Å². The van der Waals surface area contributed by atoms with Crippen LogP contribution < -0.4 is 10.1 Å². The Bertz CT molecular complexity index is 1080. The largest absolute Gasteiger partial charge is 0.493 e. The summed E-state index contributed by atoms with van der Waals surface area (Å²) in [5.74, 6) is 1.16. The van der Waals surface area contributed by atoms with Gasteiger partial charge in [0.15, 0.2) is 0 Å². The molecule has 0 bridgehead atoms. The quantitative estimate of drug-likeness (QED) is 0.617. The van der Waals surface area contributed by atoms with E-state index in [0.29, 0.717) is 32.7 Å². The lowest BCUT2D eigenvalue weighted by Gasteiger charge is -2.25. The van der Waals surface area contributed by atoms with Gasteiger partial charge in [0.25, 0.3) is 0 Å². The third kappa shape index (κ3) is 4.58. The van der Waals surface area contributed by atoms with Crippen molar-refractivity contribution in [3.05, 3.63) is 60.3 Å². The van der Waals surface area contributed by atoms with Crippen LogP contribution in [0.2, 0.25) is 0 Å². The van der Waals surface area contributed by atoms with Crippen LogP contribution >= 0.6 is 0 Å². The predicted octanol–water partition coefficient (Wildman–Crippen LogP) is 4.40. The Hall–Kier alpha value is -3.28. The summed E-state index contributed by atoms with van der Waals surface area (Å²) >= 11 is 0. The molecule has 0 spiro atoms. The number of nitrogens with one attached hydrogen (secondary N) is 1.